The fourth-order valence-corrected chi connectivity index (χ4v) is 2.97. The first-order chi connectivity index (χ1) is 15.4. The number of aryl methyl sites for hydroxylation is 1. The summed E-state index contributed by atoms with van der Waals surface area (Å²) in [6.45, 7) is 1.96. The Balaban J connectivity index is 1.62. The lowest BCUT2D eigenvalue weighted by atomic mass is 10.1. The number of nitrogens with two attached hydrogens (primary N) is 1. The van der Waals surface area contributed by atoms with Gasteiger partial charge >= 0.3 is 0 Å². The van der Waals surface area contributed by atoms with Gasteiger partial charge in [-0.25, -0.2) is 10.1 Å². The lowest BCUT2D eigenvalue weighted by molar-refractivity contribution is 0.0950. The van der Waals surface area contributed by atoms with Gasteiger partial charge in [0.25, 0.3) is 5.91 Å². The van der Waals surface area contributed by atoms with E-state index < -0.39 is 5.91 Å². The zero-order valence-electron chi connectivity index (χ0n) is 17.7. The lowest BCUT2D eigenvalue weighted by Gasteiger charge is -2.11. The van der Waals surface area contributed by atoms with Crippen LogP contribution in [0.3, 0.4) is 0 Å². The minimum atomic E-state index is -0.539. The van der Waals surface area contributed by atoms with Crippen molar-refractivity contribution in [2.24, 2.45) is 5.10 Å². The van der Waals surface area contributed by atoms with Crippen molar-refractivity contribution in [1.29, 1.82) is 0 Å². The molecule has 0 unspecified atom stereocenters. The number of benzene rings is 2. The first-order valence-corrected chi connectivity index (χ1v) is 9.66. The second kappa shape index (κ2) is 8.68. The van der Waals surface area contributed by atoms with E-state index >= 15 is 0 Å². The molecule has 0 atom stereocenters. The summed E-state index contributed by atoms with van der Waals surface area (Å²) in [4.78, 5) is 14.9. The van der Waals surface area contributed by atoms with Crippen LogP contribution in [0.25, 0.3) is 17.1 Å². The number of nitrogens with one attached hydrogen (secondary N) is 1. The molecule has 2 heterocycles. The molecular weight excluding hydrogens is 410 g/mol. The van der Waals surface area contributed by atoms with Crippen LogP contribution in [0.5, 0.6) is 0 Å². The topological polar surface area (TPSA) is 140 Å². The van der Waals surface area contributed by atoms with Crippen molar-refractivity contribution in [3.05, 3.63) is 65.4 Å². The van der Waals surface area contributed by atoms with E-state index in [1.807, 2.05) is 74.4 Å². The van der Waals surface area contributed by atoms with Crippen molar-refractivity contribution in [3.8, 4) is 17.1 Å². The number of anilines is 2. The van der Waals surface area contributed by atoms with Crippen LogP contribution in [0.1, 0.15) is 21.6 Å². The lowest BCUT2D eigenvalue weighted by Crippen LogP contribution is -2.19. The number of rotatable bonds is 6. The summed E-state index contributed by atoms with van der Waals surface area (Å²) in [5.41, 5.74) is 12.4. The van der Waals surface area contributed by atoms with E-state index in [-0.39, 0.29) is 17.3 Å². The number of nitrogens with zero attached hydrogens (tertiary/aromatic N) is 7. The van der Waals surface area contributed by atoms with Crippen LogP contribution in [0.2, 0.25) is 0 Å². The van der Waals surface area contributed by atoms with E-state index in [0.717, 1.165) is 16.8 Å². The van der Waals surface area contributed by atoms with Gasteiger partial charge in [-0.2, -0.15) is 9.78 Å². The van der Waals surface area contributed by atoms with Crippen molar-refractivity contribution in [2.75, 3.05) is 24.7 Å². The molecule has 0 spiro atoms. The number of hydrogen-bond donors (Lipinski definition) is 2. The number of carbonyl (C=O) groups is 1. The summed E-state index contributed by atoms with van der Waals surface area (Å²) in [5, 5.41) is 19.4. The second-order valence-electron chi connectivity index (χ2n) is 7.22. The molecule has 0 aliphatic heterocycles. The fourth-order valence-electron chi connectivity index (χ4n) is 2.97. The maximum absolute atomic E-state index is 12.9. The van der Waals surface area contributed by atoms with Crippen molar-refractivity contribution in [2.45, 2.75) is 6.92 Å². The molecule has 11 heteroatoms. The molecule has 0 fully saturated rings. The van der Waals surface area contributed by atoms with E-state index in [9.17, 15) is 4.79 Å². The minimum Gasteiger partial charge on any atom is -0.378 e. The third kappa shape index (κ3) is 4.17. The quantitative estimate of drug-likeness (QED) is 0.349. The Morgan fingerprint density at radius 3 is 2.47 bits per heavy atom. The van der Waals surface area contributed by atoms with Gasteiger partial charge in [-0.15, -0.1) is 5.10 Å². The summed E-state index contributed by atoms with van der Waals surface area (Å²) < 4.78 is 5.99. The number of aromatic nitrogens is 5. The summed E-state index contributed by atoms with van der Waals surface area (Å²) in [6, 6.07) is 15.2. The van der Waals surface area contributed by atoms with Crippen LogP contribution in [0, 0.1) is 6.92 Å². The van der Waals surface area contributed by atoms with Gasteiger partial charge in [0.05, 0.1) is 6.21 Å². The summed E-state index contributed by atoms with van der Waals surface area (Å²) in [7, 11) is 3.93. The van der Waals surface area contributed by atoms with Gasteiger partial charge in [0.1, 0.15) is 5.69 Å². The van der Waals surface area contributed by atoms with Gasteiger partial charge in [0.2, 0.25) is 11.6 Å². The van der Waals surface area contributed by atoms with E-state index in [2.05, 4.69) is 35.8 Å². The van der Waals surface area contributed by atoms with E-state index in [1.165, 1.54) is 4.68 Å². The maximum atomic E-state index is 12.9. The minimum absolute atomic E-state index is 0.0226. The summed E-state index contributed by atoms with van der Waals surface area (Å²) in [5.74, 6) is -0.381. The highest BCUT2D eigenvalue weighted by Gasteiger charge is 2.25. The number of nitrogen functional groups attached to an aromatic ring is 1. The molecule has 0 radical (unpaired) electrons. The van der Waals surface area contributed by atoms with Crippen molar-refractivity contribution in [1.82, 2.24) is 30.7 Å². The van der Waals surface area contributed by atoms with E-state index in [4.69, 9.17) is 5.73 Å². The molecule has 4 aromatic rings. The van der Waals surface area contributed by atoms with Crippen molar-refractivity contribution in [3.63, 3.8) is 0 Å². The Hall–Kier alpha value is -4.54. The third-order valence-corrected chi connectivity index (χ3v) is 4.70. The molecule has 3 N–H and O–H groups in total. The first kappa shape index (κ1) is 20.7. The zero-order valence-corrected chi connectivity index (χ0v) is 17.7. The number of amides is 1. The van der Waals surface area contributed by atoms with Crippen LogP contribution in [0.15, 0.2) is 58.3 Å². The molecule has 2 aromatic carbocycles. The van der Waals surface area contributed by atoms with Gasteiger partial charge in [0, 0.05) is 25.3 Å². The molecule has 1 amide bonds. The predicted molar refractivity (Wildman–Crippen MR) is 120 cm³/mol. The van der Waals surface area contributed by atoms with Gasteiger partial charge in [0.15, 0.2) is 5.69 Å². The Morgan fingerprint density at radius 2 is 1.84 bits per heavy atom. The Bertz CT molecular complexity index is 1260. The molecule has 2 aromatic heterocycles. The molecule has 0 aliphatic carbocycles. The van der Waals surface area contributed by atoms with Gasteiger partial charge < -0.3 is 10.6 Å². The highest BCUT2D eigenvalue weighted by Crippen LogP contribution is 2.26. The number of hydrazone groups is 1. The van der Waals surface area contributed by atoms with E-state index in [1.54, 1.807) is 6.21 Å². The van der Waals surface area contributed by atoms with Crippen LogP contribution in [0.4, 0.5) is 11.5 Å². The standard InChI is InChI=1S/C21H21N9O2/c1-13-4-8-15(9-5-13)18-17(24-28-30(18)20-19(22)26-32-27-20)21(31)25-23-12-14-6-10-16(11-7-14)29(2)3/h4-12H,1-3H3,(H2,22,26)(H,25,31). The average molecular weight is 431 g/mol. The van der Waals surface area contributed by atoms with Gasteiger partial charge in [-0.3, -0.25) is 4.79 Å². The van der Waals surface area contributed by atoms with Crippen LogP contribution < -0.4 is 16.1 Å². The molecule has 162 valence electrons. The Morgan fingerprint density at radius 1 is 1.12 bits per heavy atom. The molecule has 4 rings (SSSR count). The molecule has 0 bridgehead atoms. The SMILES string of the molecule is Cc1ccc(-c2c(C(=O)NN=Cc3ccc(N(C)C)cc3)nnn2-c2nonc2N)cc1. The fraction of sp³-hybridized carbons (Fsp3) is 0.143. The Labute approximate surface area is 183 Å². The van der Waals surface area contributed by atoms with Crippen LogP contribution in [-0.2, 0) is 0 Å². The third-order valence-electron chi connectivity index (χ3n) is 4.70. The first-order valence-electron chi connectivity index (χ1n) is 9.66. The molecular formula is C21H21N9O2. The predicted octanol–water partition coefficient (Wildman–Crippen LogP) is 2.04. The maximum Gasteiger partial charge on any atom is 0.294 e. The van der Waals surface area contributed by atoms with Crippen LogP contribution >= 0.6 is 0 Å². The number of carbonyl (C=O) groups excluding carboxylic acids is 1. The molecule has 0 aliphatic rings. The van der Waals surface area contributed by atoms with Crippen molar-refractivity contribution >= 4 is 23.6 Å². The van der Waals surface area contributed by atoms with Crippen molar-refractivity contribution < 1.29 is 9.42 Å². The van der Waals surface area contributed by atoms with Gasteiger partial charge in [-0.05, 0) is 34.9 Å². The monoisotopic (exact) mass is 431 g/mol. The zero-order chi connectivity index (χ0) is 22.7. The highest BCUT2D eigenvalue weighted by molar-refractivity contribution is 5.98. The smallest absolute Gasteiger partial charge is 0.294 e. The molecule has 32 heavy (non-hydrogen) atoms. The normalized spacial score (nSPS) is 11.1. The molecule has 0 saturated carbocycles. The van der Waals surface area contributed by atoms with E-state index in [0.29, 0.717) is 11.3 Å². The Kier molecular flexibility index (Phi) is 5.62. The van der Waals surface area contributed by atoms with Gasteiger partial charge in [-0.1, -0.05) is 47.2 Å². The second-order valence-corrected chi connectivity index (χ2v) is 7.22. The van der Waals surface area contributed by atoms with Crippen LogP contribution in [-0.4, -0.2) is 51.5 Å². The summed E-state index contributed by atoms with van der Waals surface area (Å²) >= 11 is 0. The summed E-state index contributed by atoms with van der Waals surface area (Å²) in [6.07, 6.45) is 1.55. The molecule has 11 nitrogen and oxygen atoms in total. The average Bonchev–Trinajstić information content (AvgIpc) is 3.40. The largest absolute Gasteiger partial charge is 0.378 e. The number of hydrogen-bond acceptors (Lipinski definition) is 9. The highest BCUT2D eigenvalue weighted by atomic mass is 16.6. The molecule has 0 saturated heterocycles.